The van der Waals surface area contributed by atoms with E-state index in [0.29, 0.717) is 5.70 Å². The molecule has 0 radical (unpaired) electrons. The van der Waals surface area contributed by atoms with Crippen molar-refractivity contribution < 1.29 is 4.92 Å². The second kappa shape index (κ2) is 3.55. The molecule has 0 N–H and O–H groups in total. The molecule has 2 aliphatic carbocycles. The predicted octanol–water partition coefficient (Wildman–Crippen LogP) is 3.69. The number of nitrogens with zero attached hydrogens (tertiary/aromatic N) is 1. The van der Waals surface area contributed by atoms with E-state index in [-0.39, 0.29) is 10.3 Å². The van der Waals surface area contributed by atoms with Crippen LogP contribution in [-0.4, -0.2) is 4.92 Å². The van der Waals surface area contributed by atoms with E-state index in [1.165, 1.54) is 16.7 Å². The molecule has 0 unspecified atom stereocenters. The molecular weight excluding hydrogens is 226 g/mol. The second-order valence-electron chi connectivity index (χ2n) is 5.41. The van der Waals surface area contributed by atoms with Gasteiger partial charge in [-0.05, 0) is 35.6 Å². The molecule has 3 rings (SSSR count). The lowest BCUT2D eigenvalue weighted by Gasteiger charge is -2.24. The van der Waals surface area contributed by atoms with E-state index in [4.69, 9.17) is 0 Å². The second-order valence-corrected chi connectivity index (χ2v) is 5.41. The molecule has 1 aromatic carbocycles. The van der Waals surface area contributed by atoms with Gasteiger partial charge in [0.1, 0.15) is 0 Å². The van der Waals surface area contributed by atoms with Crippen molar-refractivity contribution in [2.24, 2.45) is 0 Å². The molecule has 0 heterocycles. The summed E-state index contributed by atoms with van der Waals surface area (Å²) in [7, 11) is 0. The van der Waals surface area contributed by atoms with E-state index in [1.54, 1.807) is 6.08 Å². The SMILES string of the molecule is CC1(C)C2=C(CCC=C2[N+](=O)[O-])c2ccccc21. The van der Waals surface area contributed by atoms with Gasteiger partial charge in [-0.15, -0.1) is 0 Å². The minimum absolute atomic E-state index is 0.234. The summed E-state index contributed by atoms with van der Waals surface area (Å²) in [5.41, 5.74) is 4.54. The number of hydrogen-bond acceptors (Lipinski definition) is 2. The molecule has 2 aliphatic rings. The van der Waals surface area contributed by atoms with Gasteiger partial charge in [-0.25, -0.2) is 0 Å². The van der Waals surface area contributed by atoms with E-state index in [1.807, 2.05) is 12.1 Å². The van der Waals surface area contributed by atoms with Gasteiger partial charge in [0.15, 0.2) is 0 Å². The number of fused-ring (bicyclic) bond motifs is 2. The number of allylic oxidation sites excluding steroid dienone is 3. The van der Waals surface area contributed by atoms with Gasteiger partial charge in [0, 0.05) is 11.0 Å². The molecule has 18 heavy (non-hydrogen) atoms. The first-order chi connectivity index (χ1) is 8.53. The molecule has 0 saturated carbocycles. The fourth-order valence-electron chi connectivity index (χ4n) is 3.29. The van der Waals surface area contributed by atoms with Gasteiger partial charge >= 0.3 is 0 Å². The molecule has 0 fully saturated rings. The third-order valence-electron chi connectivity index (χ3n) is 4.04. The molecule has 3 nitrogen and oxygen atoms in total. The Morgan fingerprint density at radius 1 is 1.28 bits per heavy atom. The van der Waals surface area contributed by atoms with Crippen LogP contribution in [0, 0.1) is 10.1 Å². The normalized spacial score (nSPS) is 20.2. The van der Waals surface area contributed by atoms with Gasteiger partial charge in [0.2, 0.25) is 0 Å². The van der Waals surface area contributed by atoms with E-state index in [0.717, 1.165) is 18.4 Å². The topological polar surface area (TPSA) is 43.1 Å². The molecule has 0 atom stereocenters. The Labute approximate surface area is 106 Å². The lowest BCUT2D eigenvalue weighted by atomic mass is 9.78. The monoisotopic (exact) mass is 241 g/mol. The van der Waals surface area contributed by atoms with Crippen LogP contribution in [0.15, 0.2) is 41.6 Å². The summed E-state index contributed by atoms with van der Waals surface area (Å²) in [6.07, 6.45) is 3.44. The van der Waals surface area contributed by atoms with Crippen LogP contribution in [0.3, 0.4) is 0 Å². The Kier molecular flexibility index (Phi) is 2.21. The number of hydrogen-bond donors (Lipinski definition) is 0. The standard InChI is InChI=1S/C15H15NO2/c1-15(2)12-8-4-3-6-10(12)11-7-5-9-13(14(11)15)16(17)18/h3-4,6,8-9H,5,7H2,1-2H3. The fourth-order valence-corrected chi connectivity index (χ4v) is 3.29. The highest BCUT2D eigenvalue weighted by molar-refractivity contribution is 5.83. The average molecular weight is 241 g/mol. The molecule has 0 aliphatic heterocycles. The van der Waals surface area contributed by atoms with Crippen LogP contribution in [0.25, 0.3) is 5.57 Å². The zero-order valence-electron chi connectivity index (χ0n) is 10.6. The predicted molar refractivity (Wildman–Crippen MR) is 70.7 cm³/mol. The van der Waals surface area contributed by atoms with Crippen molar-refractivity contribution in [1.29, 1.82) is 0 Å². The van der Waals surface area contributed by atoms with E-state index in [9.17, 15) is 10.1 Å². The first kappa shape index (κ1) is 11.2. The van der Waals surface area contributed by atoms with E-state index < -0.39 is 0 Å². The van der Waals surface area contributed by atoms with Crippen LogP contribution in [0.4, 0.5) is 0 Å². The van der Waals surface area contributed by atoms with Gasteiger partial charge in [-0.2, -0.15) is 0 Å². The Hall–Kier alpha value is -1.90. The lowest BCUT2D eigenvalue weighted by molar-refractivity contribution is -0.422. The summed E-state index contributed by atoms with van der Waals surface area (Å²) in [5, 5.41) is 11.2. The molecule has 0 bridgehead atoms. The van der Waals surface area contributed by atoms with E-state index >= 15 is 0 Å². The Morgan fingerprint density at radius 3 is 2.72 bits per heavy atom. The smallest absolute Gasteiger partial charge is 0.258 e. The molecule has 0 aromatic heterocycles. The van der Waals surface area contributed by atoms with Crippen molar-refractivity contribution in [1.82, 2.24) is 0 Å². The molecular formula is C15H15NO2. The van der Waals surface area contributed by atoms with Crippen LogP contribution in [0.1, 0.15) is 37.8 Å². The average Bonchev–Trinajstić information content (AvgIpc) is 2.60. The van der Waals surface area contributed by atoms with Crippen molar-refractivity contribution in [2.45, 2.75) is 32.1 Å². The van der Waals surface area contributed by atoms with Crippen molar-refractivity contribution in [2.75, 3.05) is 0 Å². The van der Waals surface area contributed by atoms with Crippen LogP contribution >= 0.6 is 0 Å². The largest absolute Gasteiger partial charge is 0.269 e. The maximum Gasteiger partial charge on any atom is 0.269 e. The van der Waals surface area contributed by atoms with Gasteiger partial charge in [-0.3, -0.25) is 10.1 Å². The van der Waals surface area contributed by atoms with Crippen molar-refractivity contribution >= 4 is 5.57 Å². The summed E-state index contributed by atoms with van der Waals surface area (Å²) in [5.74, 6) is 0. The molecule has 0 saturated heterocycles. The van der Waals surface area contributed by atoms with Gasteiger partial charge in [-0.1, -0.05) is 38.1 Å². The third kappa shape index (κ3) is 1.30. The van der Waals surface area contributed by atoms with Crippen LogP contribution in [-0.2, 0) is 5.41 Å². The molecule has 3 heteroatoms. The minimum atomic E-state index is -0.259. The molecule has 92 valence electrons. The minimum Gasteiger partial charge on any atom is -0.258 e. The summed E-state index contributed by atoms with van der Waals surface area (Å²) in [6, 6.07) is 8.19. The Balaban J connectivity index is 2.28. The van der Waals surface area contributed by atoms with Crippen molar-refractivity contribution in [3.05, 3.63) is 62.9 Å². The highest BCUT2D eigenvalue weighted by Crippen LogP contribution is 2.52. The molecule has 1 aromatic rings. The van der Waals surface area contributed by atoms with Crippen molar-refractivity contribution in [3.8, 4) is 0 Å². The number of nitro groups is 1. The van der Waals surface area contributed by atoms with Crippen LogP contribution in [0.2, 0.25) is 0 Å². The van der Waals surface area contributed by atoms with Crippen LogP contribution < -0.4 is 0 Å². The van der Waals surface area contributed by atoms with Gasteiger partial charge < -0.3 is 0 Å². The van der Waals surface area contributed by atoms with Gasteiger partial charge in [0.25, 0.3) is 5.70 Å². The first-order valence-corrected chi connectivity index (χ1v) is 6.22. The highest BCUT2D eigenvalue weighted by Gasteiger charge is 2.44. The fraction of sp³-hybridized carbons (Fsp3) is 0.333. The molecule has 0 amide bonds. The summed E-state index contributed by atoms with van der Waals surface area (Å²) in [6.45, 7) is 4.16. The first-order valence-electron chi connectivity index (χ1n) is 6.22. The summed E-state index contributed by atoms with van der Waals surface area (Å²) in [4.78, 5) is 11.0. The van der Waals surface area contributed by atoms with Crippen LogP contribution in [0.5, 0.6) is 0 Å². The quantitative estimate of drug-likeness (QED) is 0.556. The number of benzene rings is 1. The van der Waals surface area contributed by atoms with E-state index in [2.05, 4.69) is 26.0 Å². The van der Waals surface area contributed by atoms with Crippen molar-refractivity contribution in [3.63, 3.8) is 0 Å². The third-order valence-corrected chi connectivity index (χ3v) is 4.04. The Bertz CT molecular complexity index is 609. The summed E-state index contributed by atoms with van der Waals surface area (Å²) >= 11 is 0. The zero-order valence-corrected chi connectivity index (χ0v) is 10.6. The van der Waals surface area contributed by atoms with Gasteiger partial charge in [0.05, 0.1) is 4.92 Å². The zero-order chi connectivity index (χ0) is 12.9. The molecule has 0 spiro atoms. The lowest BCUT2D eigenvalue weighted by Crippen LogP contribution is -2.22. The Morgan fingerprint density at radius 2 is 2.00 bits per heavy atom. The maximum absolute atomic E-state index is 11.2. The highest BCUT2D eigenvalue weighted by atomic mass is 16.6. The summed E-state index contributed by atoms with van der Waals surface area (Å²) < 4.78 is 0. The maximum atomic E-state index is 11.2. The number of rotatable bonds is 1.